The van der Waals surface area contributed by atoms with Gasteiger partial charge in [-0.1, -0.05) is 23.4 Å². The Morgan fingerprint density at radius 1 is 1.39 bits per heavy atom. The molecule has 1 aromatic carbocycles. The minimum absolute atomic E-state index is 0.00559. The zero-order valence-electron chi connectivity index (χ0n) is 11.8. The molecule has 0 saturated heterocycles. The first kappa shape index (κ1) is 14.9. The standard InChI is InChI=1S/C15H11N3O4S/c19-18(20)13-4-1-3-11(7-13)8-16-22-10-12-9-21-15(17-12)14-5-2-6-23-14/h1-9H,10H2/b16-8+. The van der Waals surface area contributed by atoms with Gasteiger partial charge in [0.15, 0.2) is 6.61 Å². The number of thiophene rings is 1. The van der Waals surface area contributed by atoms with Crippen LogP contribution in [-0.2, 0) is 11.4 Å². The lowest BCUT2D eigenvalue weighted by atomic mass is 10.2. The molecule has 2 aromatic heterocycles. The number of nitro groups is 1. The van der Waals surface area contributed by atoms with E-state index in [1.54, 1.807) is 12.1 Å². The lowest BCUT2D eigenvalue weighted by Gasteiger charge is -1.95. The molecule has 0 fully saturated rings. The van der Waals surface area contributed by atoms with Gasteiger partial charge in [-0.2, -0.15) is 0 Å². The first-order valence-electron chi connectivity index (χ1n) is 6.60. The molecule has 0 aliphatic carbocycles. The van der Waals surface area contributed by atoms with E-state index in [0.29, 0.717) is 17.1 Å². The van der Waals surface area contributed by atoms with Crippen molar-refractivity contribution in [1.29, 1.82) is 0 Å². The third-order valence-electron chi connectivity index (χ3n) is 2.85. The number of benzene rings is 1. The fraction of sp³-hybridized carbons (Fsp3) is 0.0667. The second-order valence-electron chi connectivity index (χ2n) is 4.48. The summed E-state index contributed by atoms with van der Waals surface area (Å²) in [6.07, 6.45) is 2.92. The van der Waals surface area contributed by atoms with Crippen LogP contribution in [0.15, 0.2) is 57.6 Å². The molecule has 7 nitrogen and oxygen atoms in total. The summed E-state index contributed by atoms with van der Waals surface area (Å²) in [5.74, 6) is 0.543. The summed E-state index contributed by atoms with van der Waals surface area (Å²) in [4.78, 5) is 20.6. The zero-order valence-corrected chi connectivity index (χ0v) is 12.6. The number of rotatable bonds is 6. The van der Waals surface area contributed by atoms with Gasteiger partial charge in [0.1, 0.15) is 12.0 Å². The monoisotopic (exact) mass is 329 g/mol. The molecule has 0 bridgehead atoms. The lowest BCUT2D eigenvalue weighted by molar-refractivity contribution is -0.384. The fourth-order valence-corrected chi connectivity index (χ4v) is 2.46. The second-order valence-corrected chi connectivity index (χ2v) is 5.43. The van der Waals surface area contributed by atoms with E-state index in [2.05, 4.69) is 10.1 Å². The van der Waals surface area contributed by atoms with Gasteiger partial charge in [-0.15, -0.1) is 11.3 Å². The van der Waals surface area contributed by atoms with Crippen LogP contribution < -0.4 is 0 Å². The molecule has 0 N–H and O–H groups in total. The van der Waals surface area contributed by atoms with Crippen molar-refractivity contribution in [3.8, 4) is 10.8 Å². The number of hydrogen-bond donors (Lipinski definition) is 0. The highest BCUT2D eigenvalue weighted by Gasteiger charge is 2.07. The zero-order chi connectivity index (χ0) is 16.1. The molecule has 0 aliphatic heterocycles. The highest BCUT2D eigenvalue weighted by atomic mass is 32.1. The Morgan fingerprint density at radius 3 is 3.09 bits per heavy atom. The molecule has 2 heterocycles. The highest BCUT2D eigenvalue weighted by molar-refractivity contribution is 7.13. The molecule has 0 amide bonds. The Kier molecular flexibility index (Phi) is 4.44. The molecule has 0 radical (unpaired) electrons. The van der Waals surface area contributed by atoms with Crippen molar-refractivity contribution in [1.82, 2.24) is 4.98 Å². The Hall–Kier alpha value is -3.00. The van der Waals surface area contributed by atoms with Crippen LogP contribution in [0.4, 0.5) is 5.69 Å². The van der Waals surface area contributed by atoms with Gasteiger partial charge in [-0.3, -0.25) is 10.1 Å². The summed E-state index contributed by atoms with van der Waals surface area (Å²) in [5, 5.41) is 16.4. The van der Waals surface area contributed by atoms with Gasteiger partial charge in [-0.05, 0) is 11.4 Å². The highest BCUT2D eigenvalue weighted by Crippen LogP contribution is 2.23. The van der Waals surface area contributed by atoms with Crippen molar-refractivity contribution >= 4 is 23.2 Å². The van der Waals surface area contributed by atoms with Crippen molar-refractivity contribution in [3.63, 3.8) is 0 Å². The second kappa shape index (κ2) is 6.84. The first-order valence-corrected chi connectivity index (χ1v) is 7.48. The number of hydrogen-bond acceptors (Lipinski definition) is 7. The van der Waals surface area contributed by atoms with Crippen LogP contribution in [0, 0.1) is 10.1 Å². The van der Waals surface area contributed by atoms with Gasteiger partial charge in [0.25, 0.3) is 5.69 Å². The van der Waals surface area contributed by atoms with E-state index in [4.69, 9.17) is 9.25 Å². The predicted molar refractivity (Wildman–Crippen MR) is 85.3 cm³/mol. The molecule has 3 aromatic rings. The van der Waals surface area contributed by atoms with Crippen LogP contribution in [0.5, 0.6) is 0 Å². The Bertz CT molecular complexity index is 827. The van der Waals surface area contributed by atoms with Crippen molar-refractivity contribution in [2.24, 2.45) is 5.16 Å². The van der Waals surface area contributed by atoms with Crippen LogP contribution in [0.3, 0.4) is 0 Å². The maximum absolute atomic E-state index is 10.7. The molecule has 116 valence electrons. The normalized spacial score (nSPS) is 11.0. The molecule has 0 atom stereocenters. The summed E-state index contributed by atoms with van der Waals surface area (Å²) in [5.41, 5.74) is 1.20. The summed E-state index contributed by atoms with van der Waals surface area (Å²) < 4.78 is 5.36. The Morgan fingerprint density at radius 2 is 2.30 bits per heavy atom. The third kappa shape index (κ3) is 3.80. The van der Waals surface area contributed by atoms with E-state index in [1.165, 1.54) is 35.9 Å². The number of oxazole rings is 1. The topological polar surface area (TPSA) is 90.8 Å². The quantitative estimate of drug-likeness (QED) is 0.389. The van der Waals surface area contributed by atoms with Crippen molar-refractivity contribution < 1.29 is 14.2 Å². The Labute approximate surface area is 135 Å². The summed E-state index contributed by atoms with van der Waals surface area (Å²) in [6.45, 7) is 0.153. The van der Waals surface area contributed by atoms with E-state index in [0.717, 1.165) is 4.88 Å². The SMILES string of the molecule is O=[N+]([O-])c1cccc(/C=N/OCc2coc(-c3cccs3)n2)c1. The first-order chi connectivity index (χ1) is 11.2. The van der Waals surface area contributed by atoms with Crippen LogP contribution >= 0.6 is 11.3 Å². The van der Waals surface area contributed by atoms with Gasteiger partial charge in [0.05, 0.1) is 16.0 Å². The average molecular weight is 329 g/mol. The van der Waals surface area contributed by atoms with Crippen molar-refractivity contribution in [2.45, 2.75) is 6.61 Å². The number of oxime groups is 1. The summed E-state index contributed by atoms with van der Waals surface area (Å²) >= 11 is 1.54. The van der Waals surface area contributed by atoms with Gasteiger partial charge >= 0.3 is 0 Å². The van der Waals surface area contributed by atoms with E-state index >= 15 is 0 Å². The van der Waals surface area contributed by atoms with Gasteiger partial charge in [0, 0.05) is 17.7 Å². The van der Waals surface area contributed by atoms with Gasteiger partial charge in [-0.25, -0.2) is 4.98 Å². The number of nitro benzene ring substituents is 1. The smallest absolute Gasteiger partial charge is 0.270 e. The van der Waals surface area contributed by atoms with Crippen LogP contribution in [0.2, 0.25) is 0 Å². The minimum atomic E-state index is -0.459. The maximum Gasteiger partial charge on any atom is 0.270 e. The van der Waals surface area contributed by atoms with Crippen LogP contribution in [0.1, 0.15) is 11.3 Å². The van der Waals surface area contributed by atoms with Crippen LogP contribution in [-0.4, -0.2) is 16.1 Å². The lowest BCUT2D eigenvalue weighted by Crippen LogP contribution is -1.91. The van der Waals surface area contributed by atoms with Crippen molar-refractivity contribution in [3.05, 3.63) is 69.4 Å². The maximum atomic E-state index is 10.7. The molecule has 0 saturated carbocycles. The summed E-state index contributed by atoms with van der Waals surface area (Å²) in [6, 6.07) is 9.96. The van der Waals surface area contributed by atoms with E-state index in [9.17, 15) is 10.1 Å². The minimum Gasteiger partial charge on any atom is -0.443 e. The molecular weight excluding hydrogens is 318 g/mol. The molecule has 0 unspecified atom stereocenters. The largest absolute Gasteiger partial charge is 0.443 e. The summed E-state index contributed by atoms with van der Waals surface area (Å²) in [7, 11) is 0. The van der Waals surface area contributed by atoms with E-state index < -0.39 is 4.92 Å². The average Bonchev–Trinajstić information content (AvgIpc) is 3.23. The number of non-ortho nitro benzene ring substituents is 1. The Balaban J connectivity index is 1.57. The third-order valence-corrected chi connectivity index (χ3v) is 3.71. The predicted octanol–water partition coefficient (Wildman–Crippen LogP) is 3.86. The fourth-order valence-electron chi connectivity index (χ4n) is 1.81. The van der Waals surface area contributed by atoms with E-state index in [1.807, 2.05) is 17.5 Å². The van der Waals surface area contributed by atoms with Gasteiger partial charge < -0.3 is 9.25 Å². The van der Waals surface area contributed by atoms with Crippen LogP contribution in [0.25, 0.3) is 10.8 Å². The molecule has 0 aliphatic rings. The van der Waals surface area contributed by atoms with Crippen molar-refractivity contribution in [2.75, 3.05) is 0 Å². The number of aromatic nitrogens is 1. The molecule has 23 heavy (non-hydrogen) atoms. The van der Waals surface area contributed by atoms with Gasteiger partial charge in [0.2, 0.25) is 5.89 Å². The molecule has 0 spiro atoms. The molecule has 8 heteroatoms. The van der Waals surface area contributed by atoms with E-state index in [-0.39, 0.29) is 12.3 Å². The number of nitrogens with zero attached hydrogens (tertiary/aromatic N) is 3. The molecular formula is C15H11N3O4S. The molecule has 3 rings (SSSR count).